The number of hydrogen-bond acceptors (Lipinski definition) is 3. The quantitative estimate of drug-likeness (QED) is 0.728. The number of nitrogens with zero attached hydrogens (tertiary/aromatic N) is 1. The largest absolute Gasteiger partial charge is 0.477 e. The molecule has 3 aromatic rings. The number of aromatic nitrogens is 2. The molecule has 5 heteroatoms. The van der Waals surface area contributed by atoms with Gasteiger partial charge in [0, 0.05) is 22.7 Å². The topological polar surface area (TPSA) is 66.0 Å². The summed E-state index contributed by atoms with van der Waals surface area (Å²) in [5, 5.41) is 10.6. The minimum atomic E-state index is -0.936. The van der Waals surface area contributed by atoms with E-state index < -0.39 is 5.97 Å². The second-order valence-corrected chi connectivity index (χ2v) is 4.61. The number of carboxylic acid groups (broad SMARTS) is 1. The number of carboxylic acids is 1. The number of hydrogen-bond donors (Lipinski definition) is 2. The highest BCUT2D eigenvalue weighted by atomic mass is 32.1. The van der Waals surface area contributed by atoms with Crippen LogP contribution in [0.1, 0.15) is 9.67 Å². The molecular weight excluding hydrogens is 236 g/mol. The number of nitrogens with one attached hydrogen (secondary N) is 1. The van der Waals surface area contributed by atoms with Gasteiger partial charge in [0.25, 0.3) is 0 Å². The van der Waals surface area contributed by atoms with Crippen LogP contribution in [0.4, 0.5) is 0 Å². The number of fused-ring (bicyclic) bond motifs is 1. The van der Waals surface area contributed by atoms with Gasteiger partial charge in [0.05, 0.1) is 6.20 Å². The highest BCUT2D eigenvalue weighted by Gasteiger charge is 2.12. The summed E-state index contributed by atoms with van der Waals surface area (Å²) < 4.78 is 0. The van der Waals surface area contributed by atoms with Gasteiger partial charge in [-0.15, -0.1) is 11.3 Å². The maximum Gasteiger partial charge on any atom is 0.347 e. The minimum absolute atomic E-state index is 0.255. The molecule has 0 saturated carbocycles. The molecule has 2 heterocycles. The Morgan fingerprint density at radius 3 is 2.94 bits per heavy atom. The van der Waals surface area contributed by atoms with E-state index in [1.54, 1.807) is 0 Å². The summed E-state index contributed by atoms with van der Waals surface area (Å²) in [6.07, 6.45) is 3.25. The summed E-state index contributed by atoms with van der Waals surface area (Å²) in [7, 11) is 0. The van der Waals surface area contributed by atoms with E-state index in [1.807, 2.05) is 30.5 Å². The van der Waals surface area contributed by atoms with Gasteiger partial charge in [-0.25, -0.2) is 9.78 Å². The fourth-order valence-corrected chi connectivity index (χ4v) is 2.53. The number of rotatable bonds is 2. The molecule has 0 fully saturated rings. The van der Waals surface area contributed by atoms with Crippen molar-refractivity contribution in [1.82, 2.24) is 9.97 Å². The van der Waals surface area contributed by atoms with Crippen LogP contribution in [0.5, 0.6) is 0 Å². The first kappa shape index (κ1) is 10.0. The van der Waals surface area contributed by atoms with E-state index in [0.29, 0.717) is 0 Å². The van der Waals surface area contributed by atoms with Gasteiger partial charge in [-0.3, -0.25) is 0 Å². The standard InChI is InChI=1S/C12H8N2O2S/c15-12(16)10-6-14-11(17-10)8-5-13-9-4-2-1-3-7(8)9/h1-6,13H,(H,15,16). The van der Waals surface area contributed by atoms with Crippen LogP contribution in [0.3, 0.4) is 0 Å². The molecule has 0 unspecified atom stereocenters. The third-order valence-electron chi connectivity index (χ3n) is 2.54. The second kappa shape index (κ2) is 3.71. The van der Waals surface area contributed by atoms with Gasteiger partial charge in [0.2, 0.25) is 0 Å². The fourth-order valence-electron chi connectivity index (χ4n) is 1.75. The normalized spacial score (nSPS) is 10.8. The molecule has 17 heavy (non-hydrogen) atoms. The van der Waals surface area contributed by atoms with Crippen molar-refractivity contribution in [2.45, 2.75) is 0 Å². The zero-order valence-electron chi connectivity index (χ0n) is 8.68. The summed E-state index contributed by atoms with van der Waals surface area (Å²) >= 11 is 1.18. The third-order valence-corrected chi connectivity index (χ3v) is 3.55. The van der Waals surface area contributed by atoms with Gasteiger partial charge in [-0.05, 0) is 6.07 Å². The third kappa shape index (κ3) is 1.60. The molecular formula is C12H8N2O2S. The lowest BCUT2D eigenvalue weighted by atomic mass is 10.2. The Kier molecular flexibility index (Phi) is 2.19. The number of aromatic amines is 1. The fraction of sp³-hybridized carbons (Fsp3) is 0. The SMILES string of the molecule is O=C(O)c1cnc(-c2c[nH]c3ccccc23)s1. The molecule has 0 atom stereocenters. The Balaban J connectivity index is 2.17. The molecule has 0 bridgehead atoms. The maximum absolute atomic E-state index is 10.8. The Hall–Kier alpha value is -2.14. The Morgan fingerprint density at radius 2 is 2.18 bits per heavy atom. The van der Waals surface area contributed by atoms with E-state index in [1.165, 1.54) is 17.5 Å². The van der Waals surface area contributed by atoms with Crippen molar-refractivity contribution >= 4 is 28.2 Å². The van der Waals surface area contributed by atoms with Crippen molar-refractivity contribution < 1.29 is 9.90 Å². The first-order valence-electron chi connectivity index (χ1n) is 5.01. The molecule has 2 N–H and O–H groups in total. The van der Waals surface area contributed by atoms with E-state index >= 15 is 0 Å². The van der Waals surface area contributed by atoms with Crippen molar-refractivity contribution in [3.05, 3.63) is 41.5 Å². The molecule has 0 saturated heterocycles. The van der Waals surface area contributed by atoms with Gasteiger partial charge >= 0.3 is 5.97 Å². The molecule has 0 spiro atoms. The van der Waals surface area contributed by atoms with E-state index in [0.717, 1.165) is 21.5 Å². The van der Waals surface area contributed by atoms with Gasteiger partial charge in [-0.2, -0.15) is 0 Å². The van der Waals surface area contributed by atoms with Gasteiger partial charge in [0.15, 0.2) is 0 Å². The summed E-state index contributed by atoms with van der Waals surface area (Å²) in [5.41, 5.74) is 1.97. The van der Waals surface area contributed by atoms with E-state index in [2.05, 4.69) is 9.97 Å². The molecule has 3 rings (SSSR count). The predicted octanol–water partition coefficient (Wildman–Crippen LogP) is 2.99. The highest BCUT2D eigenvalue weighted by molar-refractivity contribution is 7.16. The van der Waals surface area contributed by atoms with Crippen molar-refractivity contribution in [2.75, 3.05) is 0 Å². The van der Waals surface area contributed by atoms with Crippen LogP contribution >= 0.6 is 11.3 Å². The second-order valence-electron chi connectivity index (χ2n) is 3.58. The number of thiazole rings is 1. The predicted molar refractivity (Wildman–Crippen MR) is 66.4 cm³/mol. The van der Waals surface area contributed by atoms with Crippen LogP contribution in [0.15, 0.2) is 36.7 Å². The summed E-state index contributed by atoms with van der Waals surface area (Å²) in [4.78, 5) is 18.4. The number of carbonyl (C=O) groups is 1. The van der Waals surface area contributed by atoms with Crippen LogP contribution in [-0.2, 0) is 0 Å². The zero-order valence-corrected chi connectivity index (χ0v) is 9.49. The minimum Gasteiger partial charge on any atom is -0.477 e. The Morgan fingerprint density at radius 1 is 1.35 bits per heavy atom. The Labute approximate surface area is 101 Å². The monoisotopic (exact) mass is 244 g/mol. The van der Waals surface area contributed by atoms with Crippen LogP contribution in [-0.4, -0.2) is 21.0 Å². The average molecular weight is 244 g/mol. The van der Waals surface area contributed by atoms with Crippen LogP contribution in [0.2, 0.25) is 0 Å². The first-order chi connectivity index (χ1) is 8.25. The van der Waals surface area contributed by atoms with E-state index in [-0.39, 0.29) is 4.88 Å². The maximum atomic E-state index is 10.8. The van der Waals surface area contributed by atoms with Gasteiger partial charge < -0.3 is 10.1 Å². The number of para-hydroxylation sites is 1. The van der Waals surface area contributed by atoms with Crippen LogP contribution < -0.4 is 0 Å². The van der Waals surface area contributed by atoms with Crippen LogP contribution in [0, 0.1) is 0 Å². The lowest BCUT2D eigenvalue weighted by Gasteiger charge is -1.92. The smallest absolute Gasteiger partial charge is 0.347 e. The molecule has 0 aliphatic carbocycles. The van der Waals surface area contributed by atoms with Crippen molar-refractivity contribution in [3.63, 3.8) is 0 Å². The Bertz CT molecular complexity index is 699. The van der Waals surface area contributed by atoms with Gasteiger partial charge in [-0.1, -0.05) is 18.2 Å². The van der Waals surface area contributed by atoms with Crippen molar-refractivity contribution in [2.24, 2.45) is 0 Å². The van der Waals surface area contributed by atoms with E-state index in [9.17, 15) is 4.79 Å². The number of benzene rings is 1. The molecule has 4 nitrogen and oxygen atoms in total. The summed E-state index contributed by atoms with van der Waals surface area (Å²) in [5.74, 6) is -0.936. The zero-order chi connectivity index (χ0) is 11.8. The van der Waals surface area contributed by atoms with Crippen molar-refractivity contribution in [1.29, 1.82) is 0 Å². The molecule has 0 aliphatic rings. The lowest BCUT2D eigenvalue weighted by Crippen LogP contribution is -1.89. The molecule has 0 radical (unpaired) electrons. The molecule has 84 valence electrons. The van der Waals surface area contributed by atoms with E-state index in [4.69, 9.17) is 5.11 Å². The highest BCUT2D eigenvalue weighted by Crippen LogP contribution is 2.31. The van der Waals surface area contributed by atoms with Crippen LogP contribution in [0.25, 0.3) is 21.5 Å². The lowest BCUT2D eigenvalue weighted by molar-refractivity contribution is 0.0702. The average Bonchev–Trinajstić information content (AvgIpc) is 2.95. The molecule has 1 aromatic carbocycles. The first-order valence-corrected chi connectivity index (χ1v) is 5.83. The van der Waals surface area contributed by atoms with Crippen molar-refractivity contribution in [3.8, 4) is 10.6 Å². The summed E-state index contributed by atoms with van der Waals surface area (Å²) in [6.45, 7) is 0. The number of H-pyrrole nitrogens is 1. The molecule has 0 amide bonds. The molecule has 0 aliphatic heterocycles. The summed E-state index contributed by atoms with van der Waals surface area (Å²) in [6, 6.07) is 7.87. The van der Waals surface area contributed by atoms with Gasteiger partial charge in [0.1, 0.15) is 9.88 Å². The molecule has 2 aromatic heterocycles. The number of aromatic carboxylic acids is 1.